The van der Waals surface area contributed by atoms with Crippen molar-refractivity contribution in [2.45, 2.75) is 6.42 Å². The number of fused-ring (bicyclic) bond motifs is 1. The molecule has 0 bridgehead atoms. The molecule has 2 aromatic heterocycles. The van der Waals surface area contributed by atoms with Gasteiger partial charge in [-0.05, 0) is 34.5 Å². The summed E-state index contributed by atoms with van der Waals surface area (Å²) in [5.74, 6) is 0. The maximum absolute atomic E-state index is 3.24. The lowest BCUT2D eigenvalue weighted by Gasteiger charge is -1.96. The molecule has 0 aliphatic heterocycles. The molecule has 74 valence electrons. The molecule has 0 unspecified atom stereocenters. The van der Waals surface area contributed by atoms with Crippen LogP contribution in [0.4, 0.5) is 0 Å². The largest absolute Gasteiger partial charge is 0.365 e. The lowest BCUT2D eigenvalue weighted by molar-refractivity contribution is 1.13. The zero-order valence-electron chi connectivity index (χ0n) is 8.23. The molecule has 3 rings (SSSR count). The van der Waals surface area contributed by atoms with Crippen LogP contribution >= 0.6 is 11.3 Å². The van der Waals surface area contributed by atoms with Gasteiger partial charge in [-0.1, -0.05) is 18.2 Å². The molecule has 0 atom stereocenters. The third-order valence-electron chi connectivity index (χ3n) is 2.60. The summed E-state index contributed by atoms with van der Waals surface area (Å²) in [5, 5.41) is 3.64. The number of hydrogen-bond acceptors (Lipinski definition) is 1. The van der Waals surface area contributed by atoms with Crippen LogP contribution in [0.25, 0.3) is 10.1 Å². The lowest BCUT2D eigenvalue weighted by Crippen LogP contribution is -1.85. The van der Waals surface area contributed by atoms with Crippen LogP contribution in [0.2, 0.25) is 0 Å². The molecular formula is C13H11NS. The summed E-state index contributed by atoms with van der Waals surface area (Å²) in [4.78, 5) is 3.24. The molecular weight excluding hydrogens is 202 g/mol. The predicted molar refractivity (Wildman–Crippen MR) is 65.4 cm³/mol. The van der Waals surface area contributed by atoms with Crippen LogP contribution in [0.3, 0.4) is 0 Å². The number of thiophene rings is 1. The number of benzene rings is 1. The van der Waals surface area contributed by atoms with E-state index in [0.717, 1.165) is 6.42 Å². The van der Waals surface area contributed by atoms with E-state index < -0.39 is 0 Å². The minimum Gasteiger partial charge on any atom is -0.365 e. The summed E-state index contributed by atoms with van der Waals surface area (Å²) in [5.41, 5.74) is 2.69. The van der Waals surface area contributed by atoms with Crippen LogP contribution in [0.1, 0.15) is 11.3 Å². The molecule has 0 spiro atoms. The summed E-state index contributed by atoms with van der Waals surface area (Å²) in [6.07, 6.45) is 2.97. The Labute approximate surface area is 92.4 Å². The van der Waals surface area contributed by atoms with Gasteiger partial charge in [-0.2, -0.15) is 0 Å². The Bertz CT molecular complexity index is 563. The van der Waals surface area contributed by atoms with Crippen LogP contribution in [-0.2, 0) is 6.42 Å². The van der Waals surface area contributed by atoms with Gasteiger partial charge in [0.05, 0.1) is 0 Å². The number of H-pyrrole nitrogens is 1. The van der Waals surface area contributed by atoms with Gasteiger partial charge in [-0.3, -0.25) is 0 Å². The minimum absolute atomic E-state index is 0.997. The van der Waals surface area contributed by atoms with Crippen molar-refractivity contribution in [1.29, 1.82) is 0 Å². The van der Waals surface area contributed by atoms with Crippen LogP contribution in [0.5, 0.6) is 0 Å². The quantitative estimate of drug-likeness (QED) is 0.666. The highest BCUT2D eigenvalue weighted by atomic mass is 32.1. The van der Waals surface area contributed by atoms with Gasteiger partial charge in [0.2, 0.25) is 0 Å². The molecule has 0 saturated heterocycles. The van der Waals surface area contributed by atoms with Crippen molar-refractivity contribution in [3.05, 3.63) is 59.2 Å². The standard InChI is InChI=1S/C13H11NS/c1-2-6-13-12(5-1)10(9-15-13)8-11-4-3-7-14-11/h1-7,9,14H,8H2. The Morgan fingerprint density at radius 2 is 2.00 bits per heavy atom. The van der Waals surface area contributed by atoms with Gasteiger partial charge in [0.1, 0.15) is 0 Å². The van der Waals surface area contributed by atoms with Gasteiger partial charge in [0, 0.05) is 23.0 Å². The Morgan fingerprint density at radius 1 is 1.07 bits per heavy atom. The van der Waals surface area contributed by atoms with Crippen molar-refractivity contribution in [2.24, 2.45) is 0 Å². The summed E-state index contributed by atoms with van der Waals surface area (Å²) in [6.45, 7) is 0. The maximum Gasteiger partial charge on any atom is 0.0345 e. The fourth-order valence-electron chi connectivity index (χ4n) is 1.85. The van der Waals surface area contributed by atoms with E-state index in [1.54, 1.807) is 0 Å². The SMILES string of the molecule is c1c[nH]c(Cc2csc3ccccc23)c1. The first-order valence-electron chi connectivity index (χ1n) is 5.01. The van der Waals surface area contributed by atoms with E-state index >= 15 is 0 Å². The fraction of sp³-hybridized carbons (Fsp3) is 0.0769. The highest BCUT2D eigenvalue weighted by Crippen LogP contribution is 2.27. The summed E-state index contributed by atoms with van der Waals surface area (Å²) < 4.78 is 1.37. The van der Waals surface area contributed by atoms with E-state index in [2.05, 4.69) is 40.7 Å². The number of rotatable bonds is 2. The van der Waals surface area contributed by atoms with Crippen LogP contribution in [0.15, 0.2) is 48.0 Å². The van der Waals surface area contributed by atoms with Gasteiger partial charge >= 0.3 is 0 Å². The lowest BCUT2D eigenvalue weighted by atomic mass is 10.1. The Balaban J connectivity index is 2.05. The molecule has 0 radical (unpaired) electrons. The van der Waals surface area contributed by atoms with Gasteiger partial charge in [-0.25, -0.2) is 0 Å². The first-order valence-corrected chi connectivity index (χ1v) is 5.89. The number of nitrogens with one attached hydrogen (secondary N) is 1. The van der Waals surface area contributed by atoms with Gasteiger partial charge in [0.25, 0.3) is 0 Å². The monoisotopic (exact) mass is 213 g/mol. The van der Waals surface area contributed by atoms with Crippen molar-refractivity contribution < 1.29 is 0 Å². The van der Waals surface area contributed by atoms with Crippen LogP contribution in [0, 0.1) is 0 Å². The molecule has 1 aromatic carbocycles. The molecule has 2 heteroatoms. The zero-order chi connectivity index (χ0) is 10.1. The van der Waals surface area contributed by atoms with Crippen molar-refractivity contribution in [3.63, 3.8) is 0 Å². The van der Waals surface area contributed by atoms with Gasteiger partial charge in [0.15, 0.2) is 0 Å². The molecule has 0 fully saturated rings. The fourth-order valence-corrected chi connectivity index (χ4v) is 2.82. The van der Waals surface area contributed by atoms with Crippen LogP contribution < -0.4 is 0 Å². The average molecular weight is 213 g/mol. The number of hydrogen-bond donors (Lipinski definition) is 1. The highest BCUT2D eigenvalue weighted by molar-refractivity contribution is 7.17. The van der Waals surface area contributed by atoms with Gasteiger partial charge in [-0.15, -0.1) is 11.3 Å². The smallest absolute Gasteiger partial charge is 0.0345 e. The molecule has 15 heavy (non-hydrogen) atoms. The van der Waals surface area contributed by atoms with Crippen LogP contribution in [-0.4, -0.2) is 4.98 Å². The molecule has 2 heterocycles. The maximum atomic E-state index is 3.24. The predicted octanol–water partition coefficient (Wildman–Crippen LogP) is 3.82. The third kappa shape index (κ3) is 1.57. The van der Waals surface area contributed by atoms with E-state index in [9.17, 15) is 0 Å². The highest BCUT2D eigenvalue weighted by Gasteiger charge is 2.03. The molecule has 3 aromatic rings. The molecule has 0 saturated carbocycles. The third-order valence-corrected chi connectivity index (χ3v) is 3.62. The van der Waals surface area contributed by atoms with E-state index in [0.29, 0.717) is 0 Å². The van der Waals surface area contributed by atoms with Gasteiger partial charge < -0.3 is 4.98 Å². The second-order valence-corrected chi connectivity index (χ2v) is 4.54. The molecule has 0 amide bonds. The number of aromatic amines is 1. The zero-order valence-corrected chi connectivity index (χ0v) is 9.05. The summed E-state index contributed by atoms with van der Waals surface area (Å²) in [7, 11) is 0. The second kappa shape index (κ2) is 3.55. The van der Waals surface area contributed by atoms with Crippen molar-refractivity contribution in [1.82, 2.24) is 4.98 Å². The average Bonchev–Trinajstić information content (AvgIpc) is 2.89. The van der Waals surface area contributed by atoms with E-state index in [1.807, 2.05) is 23.6 Å². The Kier molecular flexibility index (Phi) is 2.07. The molecule has 1 nitrogen and oxygen atoms in total. The molecule has 0 aliphatic rings. The number of aromatic nitrogens is 1. The van der Waals surface area contributed by atoms with Crippen molar-refractivity contribution in [3.8, 4) is 0 Å². The van der Waals surface area contributed by atoms with Crippen molar-refractivity contribution in [2.75, 3.05) is 0 Å². The summed E-state index contributed by atoms with van der Waals surface area (Å²) in [6, 6.07) is 12.8. The van der Waals surface area contributed by atoms with E-state index in [-0.39, 0.29) is 0 Å². The normalized spacial score (nSPS) is 10.9. The summed E-state index contributed by atoms with van der Waals surface area (Å²) >= 11 is 1.82. The second-order valence-electron chi connectivity index (χ2n) is 3.63. The van der Waals surface area contributed by atoms with Crippen molar-refractivity contribution >= 4 is 21.4 Å². The van der Waals surface area contributed by atoms with E-state index in [1.165, 1.54) is 21.3 Å². The first-order chi connectivity index (χ1) is 7.43. The Morgan fingerprint density at radius 3 is 2.87 bits per heavy atom. The Hall–Kier alpha value is -1.54. The topological polar surface area (TPSA) is 15.8 Å². The van der Waals surface area contributed by atoms with E-state index in [4.69, 9.17) is 0 Å². The minimum atomic E-state index is 0.997. The first kappa shape index (κ1) is 8.74. The molecule has 0 aliphatic carbocycles. The molecule has 1 N–H and O–H groups in total.